The summed E-state index contributed by atoms with van der Waals surface area (Å²) in [6, 6.07) is 7.87. The molecule has 2 N–H and O–H groups in total. The van der Waals surface area contributed by atoms with E-state index in [9.17, 15) is 4.79 Å². The molecule has 0 bridgehead atoms. The first-order valence-corrected chi connectivity index (χ1v) is 6.28. The average molecular weight is 244 g/mol. The summed E-state index contributed by atoms with van der Waals surface area (Å²) in [6.07, 6.45) is 4.64. The number of hydrogen-bond donors (Lipinski definition) is 2. The Hall–Kier alpha value is -1.81. The molecule has 0 amide bonds. The molecule has 1 aliphatic carbocycles. The molecule has 3 rings (SSSR count). The lowest BCUT2D eigenvalue weighted by molar-refractivity contribution is 0.413. The third kappa shape index (κ3) is 2.38. The molecule has 94 valence electrons. The average Bonchev–Trinajstić information content (AvgIpc) is 2.89. The Morgan fingerprint density at radius 1 is 1.39 bits per heavy atom. The molecule has 1 aliphatic rings. The molecular formula is C14H16N2O2. The van der Waals surface area contributed by atoms with Gasteiger partial charge in [0.2, 0.25) is 5.56 Å². The highest BCUT2D eigenvalue weighted by molar-refractivity contribution is 5.24. The molecule has 2 aromatic rings. The smallest absolute Gasteiger partial charge is 0.248 e. The van der Waals surface area contributed by atoms with Gasteiger partial charge in [0.05, 0.1) is 12.8 Å². The van der Waals surface area contributed by atoms with Gasteiger partial charge in [-0.15, -0.1) is 0 Å². The van der Waals surface area contributed by atoms with Crippen LogP contribution in [0.15, 0.2) is 39.7 Å². The fourth-order valence-corrected chi connectivity index (χ4v) is 2.48. The Kier molecular flexibility index (Phi) is 3.02. The second kappa shape index (κ2) is 4.82. The molecule has 4 heteroatoms. The molecule has 1 atom stereocenters. The summed E-state index contributed by atoms with van der Waals surface area (Å²) in [4.78, 5) is 14.1. The Morgan fingerprint density at radius 3 is 3.17 bits per heavy atom. The van der Waals surface area contributed by atoms with E-state index in [1.54, 1.807) is 12.3 Å². The Balaban J connectivity index is 1.64. The molecule has 2 heterocycles. The quantitative estimate of drug-likeness (QED) is 0.862. The summed E-state index contributed by atoms with van der Waals surface area (Å²) in [6.45, 7) is 0.760. The van der Waals surface area contributed by atoms with Crippen LogP contribution in [-0.2, 0) is 19.4 Å². The summed E-state index contributed by atoms with van der Waals surface area (Å²) in [7, 11) is 0. The van der Waals surface area contributed by atoms with Crippen molar-refractivity contribution in [1.82, 2.24) is 10.3 Å². The monoisotopic (exact) mass is 244 g/mol. The van der Waals surface area contributed by atoms with E-state index in [2.05, 4.69) is 10.3 Å². The van der Waals surface area contributed by atoms with Gasteiger partial charge in [-0.3, -0.25) is 4.79 Å². The minimum absolute atomic E-state index is 0.00394. The van der Waals surface area contributed by atoms with Crippen LogP contribution in [0.2, 0.25) is 0 Å². The summed E-state index contributed by atoms with van der Waals surface area (Å²) in [5, 5.41) is 3.49. The van der Waals surface area contributed by atoms with Gasteiger partial charge in [-0.2, -0.15) is 0 Å². The van der Waals surface area contributed by atoms with Crippen LogP contribution in [0.4, 0.5) is 0 Å². The number of H-pyrrole nitrogens is 1. The van der Waals surface area contributed by atoms with Gasteiger partial charge in [0.15, 0.2) is 0 Å². The zero-order valence-corrected chi connectivity index (χ0v) is 10.1. The number of aromatic amines is 1. The molecule has 0 saturated heterocycles. The minimum Gasteiger partial charge on any atom is -0.468 e. The van der Waals surface area contributed by atoms with E-state index in [1.807, 2.05) is 18.2 Å². The molecule has 0 spiro atoms. The summed E-state index contributed by atoms with van der Waals surface area (Å²) in [5.74, 6) is 0.960. The molecule has 0 unspecified atom stereocenters. The lowest BCUT2D eigenvalue weighted by atomic mass is 9.92. The summed E-state index contributed by atoms with van der Waals surface area (Å²) < 4.78 is 5.30. The molecule has 0 aromatic carbocycles. The van der Waals surface area contributed by atoms with E-state index < -0.39 is 0 Å². The third-order valence-corrected chi connectivity index (χ3v) is 3.45. The highest BCUT2D eigenvalue weighted by Gasteiger charge is 2.18. The van der Waals surface area contributed by atoms with Crippen LogP contribution in [-0.4, -0.2) is 11.0 Å². The van der Waals surface area contributed by atoms with Crippen LogP contribution in [0.5, 0.6) is 0 Å². The van der Waals surface area contributed by atoms with Crippen molar-refractivity contribution in [2.75, 3.05) is 0 Å². The van der Waals surface area contributed by atoms with Gasteiger partial charge in [-0.05, 0) is 37.0 Å². The maximum absolute atomic E-state index is 11.2. The predicted molar refractivity (Wildman–Crippen MR) is 68.4 cm³/mol. The van der Waals surface area contributed by atoms with Crippen LogP contribution in [0.1, 0.15) is 23.4 Å². The second-order valence-corrected chi connectivity index (χ2v) is 4.73. The van der Waals surface area contributed by atoms with Crippen molar-refractivity contribution in [3.63, 3.8) is 0 Å². The highest BCUT2D eigenvalue weighted by Crippen LogP contribution is 2.18. The number of furan rings is 1. The SMILES string of the molecule is O=c1ccc2c([nH]1)CC[C@@H](NCc1ccco1)C2. The molecular weight excluding hydrogens is 228 g/mol. The van der Waals surface area contributed by atoms with Gasteiger partial charge in [0.25, 0.3) is 0 Å². The lowest BCUT2D eigenvalue weighted by Crippen LogP contribution is -2.35. The number of fused-ring (bicyclic) bond motifs is 1. The van der Waals surface area contributed by atoms with E-state index in [-0.39, 0.29) is 5.56 Å². The van der Waals surface area contributed by atoms with E-state index >= 15 is 0 Å². The first kappa shape index (κ1) is 11.3. The number of aryl methyl sites for hydroxylation is 1. The normalized spacial score (nSPS) is 18.6. The number of hydrogen-bond acceptors (Lipinski definition) is 3. The second-order valence-electron chi connectivity index (χ2n) is 4.73. The lowest BCUT2D eigenvalue weighted by Gasteiger charge is -2.24. The Morgan fingerprint density at radius 2 is 2.33 bits per heavy atom. The van der Waals surface area contributed by atoms with Crippen molar-refractivity contribution in [2.24, 2.45) is 0 Å². The first-order chi connectivity index (χ1) is 8.81. The Labute approximate surface area is 105 Å². The van der Waals surface area contributed by atoms with Crippen molar-refractivity contribution in [2.45, 2.75) is 31.8 Å². The van der Waals surface area contributed by atoms with Crippen LogP contribution in [0.3, 0.4) is 0 Å². The fraction of sp³-hybridized carbons (Fsp3) is 0.357. The maximum Gasteiger partial charge on any atom is 0.248 e. The number of nitrogens with one attached hydrogen (secondary N) is 2. The fourth-order valence-electron chi connectivity index (χ4n) is 2.48. The molecule has 2 aromatic heterocycles. The standard InChI is InChI=1S/C14H16N2O2/c17-14-6-3-10-8-11(4-5-13(10)16-14)15-9-12-2-1-7-18-12/h1-3,6-7,11,15H,4-5,8-9H2,(H,16,17)/t11-/m1/s1. The number of rotatable bonds is 3. The maximum atomic E-state index is 11.2. The van der Waals surface area contributed by atoms with Crippen LogP contribution >= 0.6 is 0 Å². The molecule has 0 radical (unpaired) electrons. The van der Waals surface area contributed by atoms with Crippen molar-refractivity contribution < 1.29 is 4.42 Å². The van der Waals surface area contributed by atoms with E-state index in [0.29, 0.717) is 6.04 Å². The van der Waals surface area contributed by atoms with E-state index in [0.717, 1.165) is 37.3 Å². The van der Waals surface area contributed by atoms with Crippen LogP contribution in [0, 0.1) is 0 Å². The molecule has 0 fully saturated rings. The van der Waals surface area contributed by atoms with Gasteiger partial charge < -0.3 is 14.7 Å². The topological polar surface area (TPSA) is 58.0 Å². The largest absolute Gasteiger partial charge is 0.468 e. The third-order valence-electron chi connectivity index (χ3n) is 3.45. The van der Waals surface area contributed by atoms with Gasteiger partial charge in [-0.1, -0.05) is 6.07 Å². The minimum atomic E-state index is -0.00394. The van der Waals surface area contributed by atoms with Gasteiger partial charge >= 0.3 is 0 Å². The molecule has 0 saturated carbocycles. The van der Waals surface area contributed by atoms with Crippen molar-refractivity contribution in [3.05, 3.63) is 57.9 Å². The number of aromatic nitrogens is 1. The summed E-state index contributed by atoms with van der Waals surface area (Å²) in [5.41, 5.74) is 2.34. The van der Waals surface area contributed by atoms with Gasteiger partial charge in [-0.25, -0.2) is 0 Å². The first-order valence-electron chi connectivity index (χ1n) is 6.28. The van der Waals surface area contributed by atoms with E-state index in [4.69, 9.17) is 4.42 Å². The molecule has 4 nitrogen and oxygen atoms in total. The van der Waals surface area contributed by atoms with Gasteiger partial charge in [0, 0.05) is 17.8 Å². The summed E-state index contributed by atoms with van der Waals surface area (Å²) >= 11 is 0. The van der Waals surface area contributed by atoms with Gasteiger partial charge in [0.1, 0.15) is 5.76 Å². The van der Waals surface area contributed by atoms with Crippen LogP contribution < -0.4 is 10.9 Å². The molecule has 0 aliphatic heterocycles. The van der Waals surface area contributed by atoms with Crippen molar-refractivity contribution in [1.29, 1.82) is 0 Å². The predicted octanol–water partition coefficient (Wildman–Crippen LogP) is 1.61. The number of pyridine rings is 1. The highest BCUT2D eigenvalue weighted by atomic mass is 16.3. The Bertz CT molecular complexity index is 572. The molecule has 18 heavy (non-hydrogen) atoms. The van der Waals surface area contributed by atoms with Crippen molar-refractivity contribution >= 4 is 0 Å². The van der Waals surface area contributed by atoms with Crippen molar-refractivity contribution in [3.8, 4) is 0 Å². The van der Waals surface area contributed by atoms with E-state index in [1.165, 1.54) is 5.56 Å². The zero-order chi connectivity index (χ0) is 12.4. The van der Waals surface area contributed by atoms with Crippen LogP contribution in [0.25, 0.3) is 0 Å². The zero-order valence-electron chi connectivity index (χ0n) is 10.1.